The van der Waals surface area contributed by atoms with Crippen molar-refractivity contribution < 1.29 is 4.79 Å². The Morgan fingerprint density at radius 3 is 2.67 bits per heavy atom. The van der Waals surface area contributed by atoms with Gasteiger partial charge in [-0.3, -0.25) is 4.79 Å². The Hall–Kier alpha value is -0.480. The van der Waals surface area contributed by atoms with Crippen LogP contribution in [-0.4, -0.2) is 48.5 Å². The average Bonchev–Trinajstić information content (AvgIpc) is 2.25. The number of rotatable bonds is 9. The SMILES string of the molecule is C=CCSCC(=O)NCCN(CC)CC. The van der Waals surface area contributed by atoms with Crippen LogP contribution < -0.4 is 5.32 Å². The molecule has 0 aliphatic heterocycles. The molecule has 15 heavy (non-hydrogen) atoms. The van der Waals surface area contributed by atoms with Crippen molar-refractivity contribution >= 4 is 17.7 Å². The van der Waals surface area contributed by atoms with Crippen molar-refractivity contribution in [1.82, 2.24) is 10.2 Å². The topological polar surface area (TPSA) is 32.3 Å². The molecular formula is C11H22N2OS. The molecule has 0 atom stereocenters. The molecule has 0 saturated carbocycles. The molecule has 0 radical (unpaired) electrons. The zero-order valence-corrected chi connectivity index (χ0v) is 10.6. The summed E-state index contributed by atoms with van der Waals surface area (Å²) in [7, 11) is 0. The lowest BCUT2D eigenvalue weighted by Crippen LogP contribution is -2.35. The number of carbonyl (C=O) groups is 1. The van der Waals surface area contributed by atoms with Crippen molar-refractivity contribution in [2.24, 2.45) is 0 Å². The van der Waals surface area contributed by atoms with Gasteiger partial charge in [0.2, 0.25) is 5.91 Å². The van der Waals surface area contributed by atoms with Gasteiger partial charge < -0.3 is 10.2 Å². The second kappa shape index (κ2) is 10.1. The largest absolute Gasteiger partial charge is 0.354 e. The molecule has 0 unspecified atom stereocenters. The van der Waals surface area contributed by atoms with E-state index in [1.165, 1.54) is 0 Å². The van der Waals surface area contributed by atoms with Gasteiger partial charge in [-0.05, 0) is 13.1 Å². The molecule has 0 aromatic carbocycles. The molecule has 0 spiro atoms. The van der Waals surface area contributed by atoms with E-state index < -0.39 is 0 Å². The zero-order valence-electron chi connectivity index (χ0n) is 9.79. The summed E-state index contributed by atoms with van der Waals surface area (Å²) in [5.41, 5.74) is 0. The number of thioether (sulfide) groups is 1. The van der Waals surface area contributed by atoms with E-state index in [0.717, 1.165) is 31.9 Å². The highest BCUT2D eigenvalue weighted by Gasteiger charge is 2.01. The minimum absolute atomic E-state index is 0.119. The molecule has 1 N–H and O–H groups in total. The third-order valence-corrected chi connectivity index (χ3v) is 3.05. The van der Waals surface area contributed by atoms with Gasteiger partial charge in [-0.15, -0.1) is 18.3 Å². The second-order valence-corrected chi connectivity index (χ2v) is 4.21. The molecule has 0 saturated heterocycles. The monoisotopic (exact) mass is 230 g/mol. The van der Waals surface area contributed by atoms with Crippen molar-refractivity contribution in [3.05, 3.63) is 12.7 Å². The van der Waals surface area contributed by atoms with Gasteiger partial charge in [0, 0.05) is 18.8 Å². The molecule has 1 amide bonds. The fraction of sp³-hybridized carbons (Fsp3) is 0.727. The summed E-state index contributed by atoms with van der Waals surface area (Å²) in [6.07, 6.45) is 1.81. The van der Waals surface area contributed by atoms with Crippen LogP contribution in [0.25, 0.3) is 0 Å². The number of amides is 1. The van der Waals surface area contributed by atoms with Crippen LogP contribution in [0.4, 0.5) is 0 Å². The van der Waals surface area contributed by atoms with Crippen LogP contribution in [0.5, 0.6) is 0 Å². The van der Waals surface area contributed by atoms with Crippen molar-refractivity contribution in [2.75, 3.05) is 37.7 Å². The molecule has 3 nitrogen and oxygen atoms in total. The third kappa shape index (κ3) is 8.51. The van der Waals surface area contributed by atoms with Gasteiger partial charge in [-0.25, -0.2) is 0 Å². The van der Waals surface area contributed by atoms with E-state index in [2.05, 4.69) is 30.6 Å². The summed E-state index contributed by atoms with van der Waals surface area (Å²) in [5.74, 6) is 1.49. The number of nitrogens with zero attached hydrogens (tertiary/aromatic N) is 1. The lowest BCUT2D eigenvalue weighted by atomic mass is 10.4. The summed E-state index contributed by atoms with van der Waals surface area (Å²) in [5, 5.41) is 2.90. The Morgan fingerprint density at radius 1 is 1.47 bits per heavy atom. The van der Waals surface area contributed by atoms with Crippen LogP contribution in [-0.2, 0) is 4.79 Å². The van der Waals surface area contributed by atoms with Gasteiger partial charge in [-0.1, -0.05) is 19.9 Å². The number of carbonyl (C=O) groups excluding carboxylic acids is 1. The molecule has 0 rings (SSSR count). The van der Waals surface area contributed by atoms with Crippen LogP contribution in [0.15, 0.2) is 12.7 Å². The summed E-state index contributed by atoms with van der Waals surface area (Å²) in [6.45, 7) is 11.6. The van der Waals surface area contributed by atoms with Gasteiger partial charge in [0.05, 0.1) is 5.75 Å². The molecule has 0 heterocycles. The number of likely N-dealkylation sites (N-methyl/N-ethyl adjacent to an activating group) is 1. The Balaban J connectivity index is 3.41. The molecule has 0 aliphatic carbocycles. The van der Waals surface area contributed by atoms with Crippen LogP contribution in [0.3, 0.4) is 0 Å². The third-order valence-electron chi connectivity index (χ3n) is 2.11. The number of hydrogen-bond acceptors (Lipinski definition) is 3. The second-order valence-electron chi connectivity index (χ2n) is 3.18. The first-order chi connectivity index (χ1) is 7.24. The normalized spacial score (nSPS) is 10.3. The molecule has 88 valence electrons. The van der Waals surface area contributed by atoms with Gasteiger partial charge >= 0.3 is 0 Å². The first kappa shape index (κ1) is 14.5. The fourth-order valence-corrected chi connectivity index (χ4v) is 1.75. The molecule has 0 aliphatic rings. The quantitative estimate of drug-likeness (QED) is 0.479. The Bertz CT molecular complexity index is 181. The molecular weight excluding hydrogens is 208 g/mol. The summed E-state index contributed by atoms with van der Waals surface area (Å²) in [6, 6.07) is 0. The maximum absolute atomic E-state index is 11.3. The lowest BCUT2D eigenvalue weighted by Gasteiger charge is -2.17. The van der Waals surface area contributed by atoms with Crippen molar-refractivity contribution in [2.45, 2.75) is 13.8 Å². The predicted octanol–water partition coefficient (Wildman–Crippen LogP) is 1.36. The van der Waals surface area contributed by atoms with Gasteiger partial charge in [0.25, 0.3) is 0 Å². The average molecular weight is 230 g/mol. The Morgan fingerprint density at radius 2 is 2.13 bits per heavy atom. The molecule has 0 aromatic heterocycles. The van der Waals surface area contributed by atoms with Crippen molar-refractivity contribution in [3.63, 3.8) is 0 Å². The van der Waals surface area contributed by atoms with Crippen LogP contribution in [0, 0.1) is 0 Å². The van der Waals surface area contributed by atoms with Gasteiger partial charge in [0.15, 0.2) is 0 Å². The van der Waals surface area contributed by atoms with E-state index >= 15 is 0 Å². The minimum Gasteiger partial charge on any atom is -0.354 e. The van der Waals surface area contributed by atoms with Crippen LogP contribution in [0.1, 0.15) is 13.8 Å². The highest BCUT2D eigenvalue weighted by molar-refractivity contribution is 8.00. The zero-order chi connectivity index (χ0) is 11.5. The lowest BCUT2D eigenvalue weighted by molar-refractivity contribution is -0.118. The Kier molecular flexibility index (Phi) is 9.73. The number of nitrogens with one attached hydrogen (secondary N) is 1. The van der Waals surface area contributed by atoms with E-state index in [1.54, 1.807) is 11.8 Å². The summed E-state index contributed by atoms with van der Waals surface area (Å²) >= 11 is 1.59. The minimum atomic E-state index is 0.119. The highest BCUT2D eigenvalue weighted by Crippen LogP contribution is 1.97. The van der Waals surface area contributed by atoms with E-state index in [1.807, 2.05) is 6.08 Å². The predicted molar refractivity (Wildman–Crippen MR) is 68.3 cm³/mol. The molecule has 0 fully saturated rings. The number of hydrogen-bond donors (Lipinski definition) is 1. The first-order valence-corrected chi connectivity index (χ1v) is 6.57. The summed E-state index contributed by atoms with van der Waals surface area (Å²) < 4.78 is 0. The smallest absolute Gasteiger partial charge is 0.230 e. The summed E-state index contributed by atoms with van der Waals surface area (Å²) in [4.78, 5) is 13.6. The molecule has 4 heteroatoms. The van der Waals surface area contributed by atoms with Crippen LogP contribution in [0.2, 0.25) is 0 Å². The van der Waals surface area contributed by atoms with E-state index in [-0.39, 0.29) is 5.91 Å². The van der Waals surface area contributed by atoms with Crippen molar-refractivity contribution in [1.29, 1.82) is 0 Å². The van der Waals surface area contributed by atoms with Crippen LogP contribution >= 0.6 is 11.8 Å². The molecule has 0 aromatic rings. The highest BCUT2D eigenvalue weighted by atomic mass is 32.2. The van der Waals surface area contributed by atoms with E-state index in [0.29, 0.717) is 5.75 Å². The van der Waals surface area contributed by atoms with Gasteiger partial charge in [-0.2, -0.15) is 0 Å². The van der Waals surface area contributed by atoms with E-state index in [4.69, 9.17) is 0 Å². The first-order valence-electron chi connectivity index (χ1n) is 5.42. The van der Waals surface area contributed by atoms with Crippen molar-refractivity contribution in [3.8, 4) is 0 Å². The van der Waals surface area contributed by atoms with E-state index in [9.17, 15) is 4.79 Å². The van der Waals surface area contributed by atoms with Gasteiger partial charge in [0.1, 0.15) is 0 Å². The Labute approximate surface area is 97.3 Å². The maximum Gasteiger partial charge on any atom is 0.230 e. The molecule has 0 bridgehead atoms. The fourth-order valence-electron chi connectivity index (χ4n) is 1.18. The maximum atomic E-state index is 11.3. The standard InChI is InChI=1S/C11H22N2OS/c1-4-9-15-10-11(14)12-7-8-13(5-2)6-3/h4H,1,5-10H2,2-3H3,(H,12,14).